The number of hydrogen-bond acceptors (Lipinski definition) is 8. The Morgan fingerprint density at radius 2 is 1.85 bits per heavy atom. The van der Waals surface area contributed by atoms with Gasteiger partial charge in [-0.15, -0.1) is 11.3 Å². The molecule has 0 aromatic carbocycles. The lowest BCUT2D eigenvalue weighted by Crippen LogP contribution is -2.30. The second kappa shape index (κ2) is 11.2. The Bertz CT molecular complexity index is 1320. The summed E-state index contributed by atoms with van der Waals surface area (Å²) in [6.07, 6.45) is 6.62. The van der Waals surface area contributed by atoms with Crippen molar-refractivity contribution in [2.24, 2.45) is 11.8 Å². The molecule has 3 aliphatic carbocycles. The first-order valence-corrected chi connectivity index (χ1v) is 14.8. The molecule has 0 radical (unpaired) electrons. The average molecular weight is 572 g/mol. The van der Waals surface area contributed by atoms with Crippen molar-refractivity contribution in [2.75, 3.05) is 23.8 Å². The second-order valence-electron chi connectivity index (χ2n) is 11.7. The van der Waals surface area contributed by atoms with Crippen LogP contribution in [0.5, 0.6) is 0 Å². The zero-order valence-corrected chi connectivity index (χ0v) is 24.2. The molecule has 40 heavy (non-hydrogen) atoms. The molecule has 3 aliphatic rings. The van der Waals surface area contributed by atoms with Gasteiger partial charge in [0.2, 0.25) is 5.91 Å². The molecule has 0 spiro atoms. The van der Waals surface area contributed by atoms with Crippen LogP contribution in [0.2, 0.25) is 0 Å². The molecule has 0 aliphatic heterocycles. The van der Waals surface area contributed by atoms with Gasteiger partial charge in [-0.05, 0) is 84.1 Å². The number of imidazole rings is 1. The maximum atomic E-state index is 13.4. The van der Waals surface area contributed by atoms with Crippen LogP contribution in [0, 0.1) is 11.8 Å². The smallest absolute Gasteiger partial charge is 0.413 e. The van der Waals surface area contributed by atoms with Crippen molar-refractivity contribution < 1.29 is 28.7 Å². The predicted octanol–water partition coefficient (Wildman–Crippen LogP) is 4.69. The maximum absolute atomic E-state index is 13.4. The van der Waals surface area contributed by atoms with E-state index in [1.807, 2.05) is 0 Å². The summed E-state index contributed by atoms with van der Waals surface area (Å²) in [5.74, 6) is -0.139. The number of anilines is 2. The van der Waals surface area contributed by atoms with E-state index >= 15 is 0 Å². The van der Waals surface area contributed by atoms with E-state index in [0.29, 0.717) is 42.3 Å². The van der Waals surface area contributed by atoms with Crippen LogP contribution < -0.4 is 16.0 Å². The second-order valence-corrected chi connectivity index (χ2v) is 12.8. The van der Waals surface area contributed by atoms with Crippen molar-refractivity contribution in [3.05, 3.63) is 28.0 Å². The van der Waals surface area contributed by atoms with Crippen LogP contribution in [0.15, 0.2) is 6.33 Å². The highest BCUT2D eigenvalue weighted by molar-refractivity contribution is 7.17. The van der Waals surface area contributed by atoms with Crippen LogP contribution in [0.25, 0.3) is 0 Å². The van der Waals surface area contributed by atoms with Gasteiger partial charge < -0.3 is 24.7 Å². The third-order valence-corrected chi connectivity index (χ3v) is 8.38. The molecule has 3 amide bonds. The van der Waals surface area contributed by atoms with Crippen LogP contribution >= 0.6 is 11.3 Å². The van der Waals surface area contributed by atoms with E-state index in [-0.39, 0.29) is 41.9 Å². The number of carbonyl (C=O) groups is 4. The van der Waals surface area contributed by atoms with Crippen LogP contribution in [-0.2, 0) is 27.1 Å². The molecule has 3 N–H and O–H groups in total. The van der Waals surface area contributed by atoms with Crippen molar-refractivity contribution in [3.8, 4) is 0 Å². The highest BCUT2D eigenvalue weighted by Crippen LogP contribution is 2.43. The highest BCUT2D eigenvalue weighted by Gasteiger charge is 2.36. The summed E-state index contributed by atoms with van der Waals surface area (Å²) in [4.78, 5) is 56.8. The number of aromatic nitrogens is 2. The van der Waals surface area contributed by atoms with Gasteiger partial charge in [-0.3, -0.25) is 14.9 Å². The Hall–Kier alpha value is -3.41. The number of fused-ring (bicyclic) bond motifs is 1. The highest BCUT2D eigenvalue weighted by atomic mass is 32.1. The maximum Gasteiger partial charge on any atom is 0.413 e. The van der Waals surface area contributed by atoms with E-state index in [1.54, 1.807) is 32.3 Å². The molecule has 0 saturated heterocycles. The Labute approximate surface area is 237 Å². The fourth-order valence-corrected chi connectivity index (χ4v) is 6.09. The fourth-order valence-electron chi connectivity index (χ4n) is 4.85. The number of amides is 3. The normalized spacial score (nSPS) is 18.4. The standard InChI is InChI=1S/C28H37N5O6S/c1-5-38-26(36)21-22(31-27(37)39-28(2,3)4)33(14-30-21)17-10-11-19-18(12-17)20(24(35)29-13-15-6-7-15)25(40-19)32-23(34)16-8-9-16/h14-17H,5-13H2,1-4H3,(H,29,35)(H,31,37)(H,32,34)/t17-/m0/s1. The molecular weight excluding hydrogens is 534 g/mol. The number of nitrogens with one attached hydrogen (secondary N) is 3. The fraction of sp³-hybridized carbons (Fsp3) is 0.607. The first-order valence-electron chi connectivity index (χ1n) is 14.0. The molecule has 2 aromatic heterocycles. The number of ether oxygens (including phenoxy) is 2. The van der Waals surface area contributed by atoms with Crippen molar-refractivity contribution in [1.82, 2.24) is 14.9 Å². The molecule has 5 rings (SSSR count). The van der Waals surface area contributed by atoms with Gasteiger partial charge in [0.1, 0.15) is 10.6 Å². The van der Waals surface area contributed by atoms with Gasteiger partial charge in [-0.2, -0.15) is 0 Å². The predicted molar refractivity (Wildman–Crippen MR) is 150 cm³/mol. The first-order chi connectivity index (χ1) is 19.0. The molecule has 12 heteroatoms. The van der Waals surface area contributed by atoms with Crippen LogP contribution in [0.1, 0.15) is 97.1 Å². The summed E-state index contributed by atoms with van der Waals surface area (Å²) >= 11 is 1.47. The Morgan fingerprint density at radius 3 is 2.50 bits per heavy atom. The lowest BCUT2D eigenvalue weighted by atomic mass is 9.91. The number of esters is 1. The van der Waals surface area contributed by atoms with E-state index in [9.17, 15) is 19.2 Å². The van der Waals surface area contributed by atoms with E-state index < -0.39 is 17.7 Å². The molecule has 2 saturated carbocycles. The Balaban J connectivity index is 1.45. The molecule has 2 fully saturated rings. The number of nitrogens with zero attached hydrogens (tertiary/aromatic N) is 2. The lowest BCUT2D eigenvalue weighted by molar-refractivity contribution is -0.117. The van der Waals surface area contributed by atoms with Crippen molar-refractivity contribution in [1.29, 1.82) is 0 Å². The van der Waals surface area contributed by atoms with E-state index in [2.05, 4.69) is 20.9 Å². The largest absolute Gasteiger partial charge is 0.461 e. The molecule has 1 atom stereocenters. The number of aryl methyl sites for hydroxylation is 1. The summed E-state index contributed by atoms with van der Waals surface area (Å²) in [6.45, 7) is 7.75. The molecule has 2 aromatic rings. The number of rotatable bonds is 9. The minimum atomic E-state index is -0.737. The van der Waals surface area contributed by atoms with Crippen LogP contribution in [0.4, 0.5) is 15.6 Å². The minimum absolute atomic E-state index is 0.0105. The molecule has 0 unspecified atom stereocenters. The van der Waals surface area contributed by atoms with Crippen molar-refractivity contribution in [3.63, 3.8) is 0 Å². The van der Waals surface area contributed by atoms with E-state index in [1.165, 1.54) is 17.7 Å². The van der Waals surface area contributed by atoms with Gasteiger partial charge in [0.25, 0.3) is 5.91 Å². The third kappa shape index (κ3) is 6.48. The monoisotopic (exact) mass is 571 g/mol. The summed E-state index contributed by atoms with van der Waals surface area (Å²) in [5, 5.41) is 9.40. The zero-order valence-electron chi connectivity index (χ0n) is 23.4. The zero-order chi connectivity index (χ0) is 28.6. The molecule has 0 bridgehead atoms. The number of thiophene rings is 1. The summed E-state index contributed by atoms with van der Waals surface area (Å²) in [5.41, 5.74) is 0.657. The van der Waals surface area contributed by atoms with Gasteiger partial charge >= 0.3 is 12.1 Å². The van der Waals surface area contributed by atoms with Gasteiger partial charge in [0, 0.05) is 23.4 Å². The summed E-state index contributed by atoms with van der Waals surface area (Å²) in [6, 6.07) is -0.204. The van der Waals surface area contributed by atoms with Crippen LogP contribution in [-0.4, -0.2) is 52.2 Å². The van der Waals surface area contributed by atoms with Gasteiger partial charge in [-0.1, -0.05) is 0 Å². The molecule has 11 nitrogen and oxygen atoms in total. The SMILES string of the molecule is CCOC(=O)c1ncn([C@H]2CCc3sc(NC(=O)C4CC4)c(C(=O)NCC4CC4)c3C2)c1NC(=O)OC(C)(C)C. The topological polar surface area (TPSA) is 141 Å². The number of hydrogen-bond donors (Lipinski definition) is 3. The lowest BCUT2D eigenvalue weighted by Gasteiger charge is -2.26. The van der Waals surface area contributed by atoms with Gasteiger partial charge in [-0.25, -0.2) is 14.6 Å². The van der Waals surface area contributed by atoms with Crippen molar-refractivity contribution in [2.45, 2.75) is 84.3 Å². The Kier molecular flexibility index (Phi) is 7.89. The third-order valence-electron chi connectivity index (χ3n) is 7.17. The average Bonchev–Trinajstić information content (AvgIpc) is 3.80. The van der Waals surface area contributed by atoms with E-state index in [4.69, 9.17) is 9.47 Å². The van der Waals surface area contributed by atoms with Crippen molar-refractivity contribution >= 4 is 46.0 Å². The minimum Gasteiger partial charge on any atom is -0.461 e. The molecular formula is C28H37N5O6S. The van der Waals surface area contributed by atoms with Crippen LogP contribution in [0.3, 0.4) is 0 Å². The molecule has 2 heterocycles. The summed E-state index contributed by atoms with van der Waals surface area (Å²) in [7, 11) is 0. The quantitative estimate of drug-likeness (QED) is 0.371. The first kappa shape index (κ1) is 28.1. The van der Waals surface area contributed by atoms with Gasteiger partial charge in [0.15, 0.2) is 11.5 Å². The Morgan fingerprint density at radius 1 is 1.10 bits per heavy atom. The van der Waals surface area contributed by atoms with Gasteiger partial charge in [0.05, 0.1) is 18.5 Å². The van der Waals surface area contributed by atoms with E-state index in [0.717, 1.165) is 36.1 Å². The summed E-state index contributed by atoms with van der Waals surface area (Å²) < 4.78 is 12.4. The molecule has 216 valence electrons. The number of carbonyl (C=O) groups excluding carboxylic acids is 4.